The van der Waals surface area contributed by atoms with E-state index in [1.165, 1.54) is 20.3 Å². The van der Waals surface area contributed by atoms with Crippen molar-refractivity contribution in [1.29, 1.82) is 0 Å². The molecule has 0 saturated carbocycles. The summed E-state index contributed by atoms with van der Waals surface area (Å²) in [5.74, 6) is 0.0506. The van der Waals surface area contributed by atoms with Crippen LogP contribution in [-0.4, -0.2) is 100 Å². The number of nitrogens with one attached hydrogen (secondary N) is 1. The van der Waals surface area contributed by atoms with Gasteiger partial charge in [0.05, 0.1) is 31.4 Å². The van der Waals surface area contributed by atoms with Crippen LogP contribution in [0.5, 0.6) is 5.88 Å². The Hall–Kier alpha value is -2.66. The molecule has 0 spiro atoms. The van der Waals surface area contributed by atoms with Crippen LogP contribution in [0.3, 0.4) is 0 Å². The molecular weight excluding hydrogens is 522 g/mol. The highest BCUT2D eigenvalue weighted by molar-refractivity contribution is 6.33. The van der Waals surface area contributed by atoms with E-state index in [0.29, 0.717) is 12.2 Å². The minimum absolute atomic E-state index is 0.0576. The summed E-state index contributed by atoms with van der Waals surface area (Å²) in [6.07, 6.45) is 7.35. The molecule has 1 saturated heterocycles. The lowest BCUT2D eigenvalue weighted by molar-refractivity contribution is -0.135. The normalized spacial score (nSPS) is 19.3. The van der Waals surface area contributed by atoms with Crippen molar-refractivity contribution in [3.05, 3.63) is 40.5 Å². The van der Waals surface area contributed by atoms with Crippen LogP contribution in [0.25, 0.3) is 0 Å². The van der Waals surface area contributed by atoms with Gasteiger partial charge in [-0.15, -0.1) is 0 Å². The summed E-state index contributed by atoms with van der Waals surface area (Å²) >= 11 is 6.10. The number of carbonyl (C=O) groups is 2. The van der Waals surface area contributed by atoms with Gasteiger partial charge >= 0.3 is 5.97 Å². The zero-order valence-corrected chi connectivity index (χ0v) is 24.8. The molecule has 1 aromatic rings. The van der Waals surface area contributed by atoms with Crippen LogP contribution in [0.1, 0.15) is 37.0 Å². The highest BCUT2D eigenvalue weighted by atomic mass is 35.5. The Morgan fingerprint density at radius 3 is 2.74 bits per heavy atom. The number of anilines is 1. The largest absolute Gasteiger partial charge is 0.480 e. The Morgan fingerprint density at radius 1 is 1.36 bits per heavy atom. The lowest BCUT2D eigenvalue weighted by Gasteiger charge is -2.39. The fourth-order valence-corrected chi connectivity index (χ4v) is 4.87. The van der Waals surface area contributed by atoms with Gasteiger partial charge in [-0.1, -0.05) is 43.7 Å². The van der Waals surface area contributed by atoms with Gasteiger partial charge in [0.25, 0.3) is 5.91 Å². The van der Waals surface area contributed by atoms with Crippen LogP contribution in [0.15, 0.2) is 29.9 Å². The molecule has 1 aliphatic rings. The molecular formula is C28H44ClN5O5. The number of methoxy groups -OCH3 is 3. The summed E-state index contributed by atoms with van der Waals surface area (Å²) < 4.78 is 15.6. The Morgan fingerprint density at radius 2 is 2.10 bits per heavy atom. The smallest absolute Gasteiger partial charge is 0.337 e. The number of rotatable bonds is 14. The monoisotopic (exact) mass is 565 g/mol. The number of ether oxygens (including phenoxy) is 3. The zero-order valence-electron chi connectivity index (χ0n) is 24.0. The molecule has 0 radical (unpaired) electrons. The first kappa shape index (κ1) is 32.6. The molecule has 39 heavy (non-hydrogen) atoms. The maximum absolute atomic E-state index is 13.1. The van der Waals surface area contributed by atoms with E-state index in [4.69, 9.17) is 31.5 Å². The number of allylic oxidation sites excluding steroid dienone is 1. The molecule has 0 aliphatic carbocycles. The van der Waals surface area contributed by atoms with E-state index < -0.39 is 0 Å². The van der Waals surface area contributed by atoms with E-state index in [1.54, 1.807) is 7.11 Å². The second kappa shape index (κ2) is 16.4. The quantitative estimate of drug-likeness (QED) is 0.199. The van der Waals surface area contributed by atoms with Crippen molar-refractivity contribution < 1.29 is 23.8 Å². The average Bonchev–Trinajstić information content (AvgIpc) is 2.91. The number of amides is 1. The molecule has 1 aromatic heterocycles. The third-order valence-corrected chi connectivity index (χ3v) is 7.07. The number of nitrogens with zero attached hydrogens (tertiary/aromatic N) is 3. The van der Waals surface area contributed by atoms with Crippen LogP contribution in [0.2, 0.25) is 5.02 Å². The van der Waals surface area contributed by atoms with Gasteiger partial charge < -0.3 is 35.1 Å². The maximum Gasteiger partial charge on any atom is 0.337 e. The topological polar surface area (TPSA) is 119 Å². The summed E-state index contributed by atoms with van der Waals surface area (Å²) in [6, 6.07) is 1.43. The predicted octanol–water partition coefficient (Wildman–Crippen LogP) is 3.03. The fraction of sp³-hybridized carbons (Fsp3) is 0.607. The van der Waals surface area contributed by atoms with Crippen molar-refractivity contribution >= 4 is 29.3 Å². The lowest BCUT2D eigenvalue weighted by Crippen LogP contribution is -2.53. The van der Waals surface area contributed by atoms with Gasteiger partial charge in [0.15, 0.2) is 0 Å². The highest BCUT2D eigenvalue weighted by Crippen LogP contribution is 2.26. The Labute approximate surface area is 237 Å². The standard InChI is InChI=1S/C28H44ClN5O5/c1-7-8-20(28(36)39-6)10-9-19(2)16-33(3)13-14-34-12-11-24(21(17-34)18-37-4)31-26(35)22-15-23(29)25(30)32-27(22)38-5/h8-10,15,19,21,24H,7,11-14,16-18H2,1-6H3,(H2,30,32)(H,31,35)/b10-9-,20-8+. The summed E-state index contributed by atoms with van der Waals surface area (Å²) in [5, 5.41) is 3.33. The Bertz CT molecular complexity index is 1020. The first-order valence-electron chi connectivity index (χ1n) is 13.3. The van der Waals surface area contributed by atoms with E-state index in [1.807, 2.05) is 19.1 Å². The molecule has 1 aliphatic heterocycles. The van der Waals surface area contributed by atoms with E-state index in [9.17, 15) is 9.59 Å². The minimum Gasteiger partial charge on any atom is -0.480 e. The number of halogens is 1. The van der Waals surface area contributed by atoms with Gasteiger partial charge in [0, 0.05) is 51.8 Å². The zero-order chi connectivity index (χ0) is 28.9. The van der Waals surface area contributed by atoms with Gasteiger partial charge in [0.1, 0.15) is 11.4 Å². The number of piperidine rings is 1. The molecule has 1 amide bonds. The molecule has 3 unspecified atom stereocenters. The Balaban J connectivity index is 1.90. The minimum atomic E-state index is -0.313. The first-order valence-corrected chi connectivity index (χ1v) is 13.7. The SMILES string of the molecule is CC/C=C(\C=C/C(C)CN(C)CCN1CCC(NC(=O)c2cc(Cl)c(N)nc2OC)C(COC)C1)C(=O)OC. The summed E-state index contributed by atoms with van der Waals surface area (Å²) in [4.78, 5) is 33.7. The second-order valence-corrected chi connectivity index (χ2v) is 10.4. The van der Waals surface area contributed by atoms with Gasteiger partial charge in [0.2, 0.25) is 5.88 Å². The molecule has 3 atom stereocenters. The van der Waals surface area contributed by atoms with Crippen molar-refractivity contribution in [2.45, 2.75) is 32.7 Å². The maximum atomic E-state index is 13.1. The fourth-order valence-electron chi connectivity index (χ4n) is 4.71. The van der Waals surface area contributed by atoms with Crippen molar-refractivity contribution in [3.8, 4) is 5.88 Å². The van der Waals surface area contributed by atoms with E-state index in [0.717, 1.165) is 45.6 Å². The van der Waals surface area contributed by atoms with Crippen LogP contribution in [0, 0.1) is 11.8 Å². The average molecular weight is 566 g/mol. The second-order valence-electron chi connectivity index (χ2n) is 9.95. The number of likely N-dealkylation sites (N-methyl/N-ethyl adjacent to an activating group) is 1. The third kappa shape index (κ3) is 10.1. The summed E-state index contributed by atoms with van der Waals surface area (Å²) in [7, 11) is 6.62. The van der Waals surface area contributed by atoms with Gasteiger partial charge in [-0.05, 0) is 31.9 Å². The van der Waals surface area contributed by atoms with Crippen LogP contribution in [-0.2, 0) is 14.3 Å². The molecule has 218 valence electrons. The molecule has 10 nitrogen and oxygen atoms in total. The van der Waals surface area contributed by atoms with Crippen LogP contribution >= 0.6 is 11.6 Å². The van der Waals surface area contributed by atoms with Crippen molar-refractivity contribution in [1.82, 2.24) is 20.1 Å². The lowest BCUT2D eigenvalue weighted by atomic mass is 9.92. The number of likely N-dealkylation sites (tertiary alicyclic amines) is 1. The third-order valence-electron chi connectivity index (χ3n) is 6.77. The van der Waals surface area contributed by atoms with Crippen molar-refractivity contribution in [3.63, 3.8) is 0 Å². The van der Waals surface area contributed by atoms with E-state index in [-0.39, 0.29) is 52.0 Å². The van der Waals surface area contributed by atoms with Crippen LogP contribution in [0.4, 0.5) is 5.82 Å². The molecule has 2 rings (SSSR count). The summed E-state index contributed by atoms with van der Waals surface area (Å²) in [5.41, 5.74) is 6.59. The van der Waals surface area contributed by atoms with Gasteiger partial charge in [-0.2, -0.15) is 4.98 Å². The molecule has 2 heterocycles. The molecule has 0 bridgehead atoms. The highest BCUT2D eigenvalue weighted by Gasteiger charge is 2.31. The van der Waals surface area contributed by atoms with E-state index in [2.05, 4.69) is 40.1 Å². The predicted molar refractivity (Wildman–Crippen MR) is 154 cm³/mol. The number of aromatic nitrogens is 1. The van der Waals surface area contributed by atoms with Gasteiger partial charge in [-0.25, -0.2) is 4.79 Å². The van der Waals surface area contributed by atoms with Crippen LogP contribution < -0.4 is 15.8 Å². The van der Waals surface area contributed by atoms with Gasteiger partial charge in [-0.3, -0.25) is 4.79 Å². The molecule has 3 N–H and O–H groups in total. The number of nitrogen functional groups attached to an aromatic ring is 1. The first-order chi connectivity index (χ1) is 18.6. The van der Waals surface area contributed by atoms with E-state index >= 15 is 0 Å². The number of carbonyl (C=O) groups excluding carboxylic acids is 2. The number of hydrogen-bond acceptors (Lipinski definition) is 9. The number of hydrogen-bond donors (Lipinski definition) is 2. The number of pyridine rings is 1. The molecule has 11 heteroatoms. The Kier molecular flexibility index (Phi) is 13.7. The molecule has 0 aromatic carbocycles. The summed E-state index contributed by atoms with van der Waals surface area (Å²) in [6.45, 7) is 9.00. The van der Waals surface area contributed by atoms with Crippen molar-refractivity contribution in [2.75, 3.05) is 73.4 Å². The number of esters is 1. The van der Waals surface area contributed by atoms with Crippen molar-refractivity contribution in [2.24, 2.45) is 11.8 Å². The molecule has 1 fully saturated rings. The number of nitrogens with two attached hydrogens (primary N) is 1.